The van der Waals surface area contributed by atoms with Gasteiger partial charge in [0, 0.05) is 0 Å². The Kier molecular flexibility index (Phi) is 8.61. The largest absolute Gasteiger partial charge is 0.457 e. The highest BCUT2D eigenvalue weighted by Crippen LogP contribution is 2.47. The minimum Gasteiger partial charge on any atom is -0.457 e. The molecule has 1 unspecified atom stereocenters. The quantitative estimate of drug-likeness (QED) is 0.170. The third kappa shape index (κ3) is 6.37. The summed E-state index contributed by atoms with van der Waals surface area (Å²) in [4.78, 5) is 31.7. The standard InChI is InChI=1S/C36H31F3N4O3/c1-2-3-12-24-13-11-19-27-26-16-7-8-17-28(26)33(32(24)27)35(45)43(22-36(37,38)39)42-21-31(40-23-42)41-34(44)29-18-9-10-20-30(29)46-25-14-5-4-6-15-25/h4-11,13-21,23,33H,2-3,12,22H2,1H3,(H,41,44). The van der Waals surface area contributed by atoms with Gasteiger partial charge < -0.3 is 10.1 Å². The summed E-state index contributed by atoms with van der Waals surface area (Å²) in [6.45, 7) is 0.518. The molecule has 0 saturated heterocycles. The minimum atomic E-state index is -4.71. The van der Waals surface area contributed by atoms with Gasteiger partial charge in [0.15, 0.2) is 5.82 Å². The summed E-state index contributed by atoms with van der Waals surface area (Å²) in [5.74, 6) is -1.48. The number of amides is 2. The van der Waals surface area contributed by atoms with Gasteiger partial charge in [0.25, 0.3) is 11.8 Å². The molecule has 0 saturated carbocycles. The summed E-state index contributed by atoms with van der Waals surface area (Å²) >= 11 is 0. The van der Waals surface area contributed by atoms with E-state index in [-0.39, 0.29) is 17.1 Å². The number of fused-ring (bicyclic) bond motifs is 3. The number of rotatable bonds is 10. The van der Waals surface area contributed by atoms with E-state index in [1.165, 1.54) is 6.20 Å². The van der Waals surface area contributed by atoms with E-state index in [1.54, 1.807) is 60.7 Å². The number of alkyl halides is 3. The number of ether oxygens (including phenoxy) is 1. The molecule has 0 spiro atoms. The third-order valence-corrected chi connectivity index (χ3v) is 7.87. The van der Waals surface area contributed by atoms with Crippen LogP contribution < -0.4 is 15.1 Å². The molecular formula is C36H31F3N4O3. The molecule has 0 aliphatic heterocycles. The SMILES string of the molecule is CCCCc1cccc2c1C(C(=O)N(CC(F)(F)F)n1cnc(NC(=O)c3ccccc3Oc3ccccc3)c1)c1ccccc1-2. The molecule has 2 amide bonds. The van der Waals surface area contributed by atoms with Crippen LogP contribution in [-0.4, -0.2) is 34.2 Å². The first-order valence-corrected chi connectivity index (χ1v) is 15.0. The highest BCUT2D eigenvalue weighted by atomic mass is 19.4. The van der Waals surface area contributed by atoms with Crippen molar-refractivity contribution in [2.45, 2.75) is 38.3 Å². The lowest BCUT2D eigenvalue weighted by Crippen LogP contribution is -2.48. The second-order valence-corrected chi connectivity index (χ2v) is 11.0. The van der Waals surface area contributed by atoms with Gasteiger partial charge in [-0.3, -0.25) is 9.59 Å². The molecule has 0 fully saturated rings. The zero-order chi connectivity index (χ0) is 32.3. The van der Waals surface area contributed by atoms with Crippen LogP contribution in [-0.2, 0) is 11.2 Å². The lowest BCUT2D eigenvalue weighted by Gasteiger charge is -2.28. The Hall–Kier alpha value is -5.38. The van der Waals surface area contributed by atoms with Crippen LogP contribution in [0.2, 0.25) is 0 Å². The van der Waals surface area contributed by atoms with Crippen LogP contribution in [0.1, 0.15) is 52.7 Å². The molecule has 0 bridgehead atoms. The van der Waals surface area contributed by atoms with Crippen molar-refractivity contribution in [2.24, 2.45) is 0 Å². The number of benzene rings is 4. The maximum atomic E-state index is 14.3. The molecule has 1 heterocycles. The van der Waals surface area contributed by atoms with E-state index in [2.05, 4.69) is 17.2 Å². The Labute approximate surface area is 264 Å². The van der Waals surface area contributed by atoms with Gasteiger partial charge in [-0.15, -0.1) is 0 Å². The summed E-state index contributed by atoms with van der Waals surface area (Å²) in [5.41, 5.74) is 4.21. The topological polar surface area (TPSA) is 76.5 Å². The predicted octanol–water partition coefficient (Wildman–Crippen LogP) is 8.11. The van der Waals surface area contributed by atoms with Gasteiger partial charge in [0.2, 0.25) is 0 Å². The molecule has 7 nitrogen and oxygen atoms in total. The number of aromatic nitrogens is 2. The average molecular weight is 625 g/mol. The fourth-order valence-electron chi connectivity index (χ4n) is 5.82. The number of carbonyl (C=O) groups is 2. The molecule has 1 aliphatic carbocycles. The molecule has 4 aromatic carbocycles. The highest BCUT2D eigenvalue weighted by Gasteiger charge is 2.42. The number of hydrogen-bond acceptors (Lipinski definition) is 4. The lowest BCUT2D eigenvalue weighted by atomic mass is 9.90. The van der Waals surface area contributed by atoms with E-state index < -0.39 is 30.5 Å². The van der Waals surface area contributed by atoms with Gasteiger partial charge >= 0.3 is 6.18 Å². The zero-order valence-corrected chi connectivity index (χ0v) is 25.0. The molecule has 1 atom stereocenters. The molecular weight excluding hydrogens is 593 g/mol. The average Bonchev–Trinajstić information content (AvgIpc) is 3.65. The molecule has 1 aliphatic rings. The number of nitrogens with one attached hydrogen (secondary N) is 1. The summed E-state index contributed by atoms with van der Waals surface area (Å²) in [7, 11) is 0. The fraction of sp³-hybridized carbons (Fsp3) is 0.194. The van der Waals surface area contributed by atoms with Crippen LogP contribution in [0.25, 0.3) is 11.1 Å². The second kappa shape index (κ2) is 12.9. The van der Waals surface area contributed by atoms with E-state index in [0.717, 1.165) is 46.1 Å². The summed E-state index contributed by atoms with van der Waals surface area (Å²) < 4.78 is 49.0. The predicted molar refractivity (Wildman–Crippen MR) is 170 cm³/mol. The molecule has 10 heteroatoms. The number of nitrogens with zero attached hydrogens (tertiary/aromatic N) is 3. The first-order valence-electron chi connectivity index (χ1n) is 15.0. The molecule has 0 radical (unpaired) electrons. The van der Waals surface area contributed by atoms with Crippen molar-refractivity contribution >= 4 is 17.6 Å². The van der Waals surface area contributed by atoms with E-state index in [0.29, 0.717) is 22.7 Å². The Morgan fingerprint density at radius 1 is 0.913 bits per heavy atom. The highest BCUT2D eigenvalue weighted by molar-refractivity contribution is 6.06. The van der Waals surface area contributed by atoms with E-state index in [1.807, 2.05) is 36.4 Å². The Morgan fingerprint density at radius 3 is 2.41 bits per heavy atom. The summed E-state index contributed by atoms with van der Waals surface area (Å²) in [5, 5.41) is 3.27. The lowest BCUT2D eigenvalue weighted by molar-refractivity contribution is -0.136. The van der Waals surface area contributed by atoms with Crippen molar-refractivity contribution in [1.82, 2.24) is 9.66 Å². The number of anilines is 1. The van der Waals surface area contributed by atoms with Crippen LogP contribution in [0.5, 0.6) is 11.5 Å². The Bertz CT molecular complexity index is 1870. The first-order chi connectivity index (χ1) is 22.2. The van der Waals surface area contributed by atoms with Crippen LogP contribution in [0.3, 0.4) is 0 Å². The van der Waals surface area contributed by atoms with E-state index >= 15 is 0 Å². The van der Waals surface area contributed by atoms with Crippen molar-refractivity contribution < 1.29 is 27.5 Å². The van der Waals surface area contributed by atoms with Gasteiger partial charge in [-0.25, -0.2) is 14.7 Å². The number of unbranched alkanes of at least 4 members (excludes halogenated alkanes) is 1. The van der Waals surface area contributed by atoms with Crippen molar-refractivity contribution in [1.29, 1.82) is 0 Å². The number of hydrogen-bond donors (Lipinski definition) is 1. The number of para-hydroxylation sites is 2. The molecule has 46 heavy (non-hydrogen) atoms. The number of aryl methyl sites for hydroxylation is 1. The monoisotopic (exact) mass is 624 g/mol. The van der Waals surface area contributed by atoms with Gasteiger partial charge in [-0.2, -0.15) is 13.2 Å². The Morgan fingerprint density at radius 2 is 1.63 bits per heavy atom. The number of imidazole rings is 1. The molecule has 1 N–H and O–H groups in total. The number of halogens is 3. The summed E-state index contributed by atoms with van der Waals surface area (Å²) in [6.07, 6.45) is 0.0996. The van der Waals surface area contributed by atoms with Gasteiger partial charge in [-0.1, -0.05) is 86.1 Å². The first kappa shape index (κ1) is 30.6. The second-order valence-electron chi connectivity index (χ2n) is 11.0. The van der Waals surface area contributed by atoms with E-state index in [4.69, 9.17) is 4.74 Å². The maximum absolute atomic E-state index is 14.3. The van der Waals surface area contributed by atoms with Crippen molar-refractivity contribution in [3.05, 3.63) is 132 Å². The fourth-order valence-corrected chi connectivity index (χ4v) is 5.82. The zero-order valence-electron chi connectivity index (χ0n) is 25.0. The Balaban J connectivity index is 1.31. The third-order valence-electron chi connectivity index (χ3n) is 7.87. The van der Waals surface area contributed by atoms with Crippen LogP contribution >= 0.6 is 0 Å². The normalized spacial score (nSPS) is 13.5. The molecule has 6 rings (SSSR count). The van der Waals surface area contributed by atoms with Crippen molar-refractivity contribution in [3.8, 4) is 22.6 Å². The minimum absolute atomic E-state index is 0.0321. The van der Waals surface area contributed by atoms with Crippen LogP contribution in [0.15, 0.2) is 110 Å². The van der Waals surface area contributed by atoms with Gasteiger partial charge in [-0.05, 0) is 64.9 Å². The van der Waals surface area contributed by atoms with E-state index in [9.17, 15) is 22.8 Å². The van der Waals surface area contributed by atoms with Crippen molar-refractivity contribution in [2.75, 3.05) is 16.9 Å². The maximum Gasteiger partial charge on any atom is 0.408 e. The smallest absolute Gasteiger partial charge is 0.408 e. The summed E-state index contributed by atoms with van der Waals surface area (Å²) in [6, 6.07) is 28.6. The number of carbonyl (C=O) groups excluding carboxylic acids is 2. The van der Waals surface area contributed by atoms with Crippen molar-refractivity contribution in [3.63, 3.8) is 0 Å². The van der Waals surface area contributed by atoms with Crippen LogP contribution in [0, 0.1) is 0 Å². The van der Waals surface area contributed by atoms with Gasteiger partial charge in [0.05, 0.1) is 17.7 Å². The molecule has 5 aromatic rings. The molecule has 234 valence electrons. The van der Waals surface area contributed by atoms with Crippen LogP contribution in [0.4, 0.5) is 19.0 Å². The molecule has 1 aromatic heterocycles. The van der Waals surface area contributed by atoms with Gasteiger partial charge in [0.1, 0.15) is 24.4 Å².